The van der Waals surface area contributed by atoms with Crippen LogP contribution in [0, 0.1) is 11.3 Å². The Bertz CT molecular complexity index is 413. The number of ether oxygens (including phenoxy) is 2. The van der Waals surface area contributed by atoms with Crippen molar-refractivity contribution in [1.29, 1.82) is 0 Å². The molecule has 1 N–H and O–H groups in total. The number of amides is 1. The van der Waals surface area contributed by atoms with E-state index in [9.17, 15) is 9.59 Å². The summed E-state index contributed by atoms with van der Waals surface area (Å²) in [5.74, 6) is -0.192. The second-order valence-electron chi connectivity index (χ2n) is 7.71. The van der Waals surface area contributed by atoms with Crippen molar-refractivity contribution in [3.8, 4) is 0 Å². The molecule has 1 atom stereocenters. The predicted molar refractivity (Wildman–Crippen MR) is 83.4 cm³/mol. The van der Waals surface area contributed by atoms with Crippen molar-refractivity contribution in [2.75, 3.05) is 6.61 Å². The Hall–Kier alpha value is -1.26. The molecule has 0 bridgehead atoms. The average Bonchev–Trinajstić information content (AvgIpc) is 3.15. The smallest absolute Gasteiger partial charge is 0.408 e. The van der Waals surface area contributed by atoms with E-state index in [1.807, 2.05) is 20.8 Å². The van der Waals surface area contributed by atoms with Gasteiger partial charge >= 0.3 is 12.1 Å². The molecule has 2 fully saturated rings. The molecule has 0 radical (unpaired) electrons. The molecule has 1 amide bonds. The monoisotopic (exact) mass is 311 g/mol. The first kappa shape index (κ1) is 17.1. The van der Waals surface area contributed by atoms with Crippen LogP contribution in [0.25, 0.3) is 0 Å². The van der Waals surface area contributed by atoms with Crippen LogP contribution in [-0.4, -0.2) is 30.3 Å². The molecule has 22 heavy (non-hydrogen) atoms. The maximum atomic E-state index is 12.2. The van der Waals surface area contributed by atoms with Crippen LogP contribution >= 0.6 is 0 Å². The standard InChI is InChI=1S/C17H29NO4/c1-5-21-14(19)13(18-15(20)22-16(2,3)4)12-6-8-17(9-7-12)10-11-17/h12-13H,5-11H2,1-4H3,(H,18,20). The molecule has 0 aromatic heterocycles. The minimum absolute atomic E-state index is 0.151. The summed E-state index contributed by atoms with van der Waals surface area (Å²) in [4.78, 5) is 24.2. The van der Waals surface area contributed by atoms with Crippen LogP contribution in [0.4, 0.5) is 4.79 Å². The lowest BCUT2D eigenvalue weighted by Gasteiger charge is -2.33. The van der Waals surface area contributed by atoms with Gasteiger partial charge in [-0.15, -0.1) is 0 Å². The summed E-state index contributed by atoms with van der Waals surface area (Å²) in [5.41, 5.74) is -0.0183. The molecule has 126 valence electrons. The van der Waals surface area contributed by atoms with Crippen LogP contribution in [0.1, 0.15) is 66.2 Å². The number of carbonyl (C=O) groups excluding carboxylic acids is 2. The van der Waals surface area contributed by atoms with Crippen LogP contribution in [0.5, 0.6) is 0 Å². The summed E-state index contributed by atoms with van der Waals surface area (Å²) in [5, 5.41) is 2.74. The van der Waals surface area contributed by atoms with Crippen LogP contribution in [0.3, 0.4) is 0 Å². The Morgan fingerprint density at radius 1 is 1.18 bits per heavy atom. The van der Waals surface area contributed by atoms with E-state index in [1.165, 1.54) is 12.8 Å². The van der Waals surface area contributed by atoms with Crippen molar-refractivity contribution < 1.29 is 19.1 Å². The van der Waals surface area contributed by atoms with Gasteiger partial charge < -0.3 is 14.8 Å². The molecule has 2 aliphatic carbocycles. The van der Waals surface area contributed by atoms with Crippen molar-refractivity contribution in [2.24, 2.45) is 11.3 Å². The molecule has 0 saturated heterocycles. The van der Waals surface area contributed by atoms with E-state index in [0.717, 1.165) is 25.7 Å². The molecule has 0 aliphatic heterocycles. The zero-order valence-electron chi connectivity index (χ0n) is 14.2. The molecular formula is C17H29NO4. The van der Waals surface area contributed by atoms with E-state index in [-0.39, 0.29) is 11.9 Å². The van der Waals surface area contributed by atoms with Gasteiger partial charge in [0.1, 0.15) is 11.6 Å². The van der Waals surface area contributed by atoms with Gasteiger partial charge in [0.2, 0.25) is 0 Å². The predicted octanol–water partition coefficient (Wildman–Crippen LogP) is 3.41. The Morgan fingerprint density at radius 2 is 1.77 bits per heavy atom. The first-order chi connectivity index (χ1) is 10.2. The highest BCUT2D eigenvalue weighted by Gasteiger charge is 2.47. The summed E-state index contributed by atoms with van der Waals surface area (Å²) in [6.07, 6.45) is 6.36. The number of hydrogen-bond acceptors (Lipinski definition) is 4. The molecule has 2 rings (SSSR count). The van der Waals surface area contributed by atoms with Crippen molar-refractivity contribution in [3.63, 3.8) is 0 Å². The summed E-state index contributed by atoms with van der Waals surface area (Å²) in [6, 6.07) is -0.592. The minimum Gasteiger partial charge on any atom is -0.464 e. The molecule has 1 spiro atoms. The average molecular weight is 311 g/mol. The van der Waals surface area contributed by atoms with Gasteiger partial charge in [-0.2, -0.15) is 0 Å². The Balaban J connectivity index is 1.96. The fraction of sp³-hybridized carbons (Fsp3) is 0.882. The molecule has 2 aliphatic rings. The molecule has 0 aromatic carbocycles. The minimum atomic E-state index is -0.592. The van der Waals surface area contributed by atoms with Crippen LogP contribution in [0.2, 0.25) is 0 Å². The van der Waals surface area contributed by atoms with E-state index in [2.05, 4.69) is 5.32 Å². The molecular weight excluding hydrogens is 282 g/mol. The van der Waals surface area contributed by atoms with Crippen LogP contribution in [0.15, 0.2) is 0 Å². The molecule has 2 saturated carbocycles. The first-order valence-electron chi connectivity index (χ1n) is 8.41. The number of hydrogen-bond donors (Lipinski definition) is 1. The van der Waals surface area contributed by atoms with E-state index >= 15 is 0 Å². The van der Waals surface area contributed by atoms with Crippen LogP contribution < -0.4 is 5.32 Å². The lowest BCUT2D eigenvalue weighted by atomic mass is 9.76. The Morgan fingerprint density at radius 3 is 2.23 bits per heavy atom. The third-order valence-electron chi connectivity index (χ3n) is 4.73. The zero-order chi connectivity index (χ0) is 16.4. The van der Waals surface area contributed by atoms with E-state index in [0.29, 0.717) is 12.0 Å². The second kappa shape index (κ2) is 6.47. The van der Waals surface area contributed by atoms with Gasteiger partial charge in [0, 0.05) is 0 Å². The van der Waals surface area contributed by atoms with Gasteiger partial charge in [0.05, 0.1) is 6.61 Å². The molecule has 0 aromatic rings. The third-order valence-corrected chi connectivity index (χ3v) is 4.73. The summed E-state index contributed by atoms with van der Waals surface area (Å²) < 4.78 is 10.4. The summed E-state index contributed by atoms with van der Waals surface area (Å²) in [6.45, 7) is 7.53. The molecule has 1 unspecified atom stereocenters. The van der Waals surface area contributed by atoms with E-state index < -0.39 is 17.7 Å². The van der Waals surface area contributed by atoms with Crippen molar-refractivity contribution in [2.45, 2.75) is 77.9 Å². The van der Waals surface area contributed by atoms with E-state index in [1.54, 1.807) is 6.92 Å². The normalized spacial score (nSPS) is 22.0. The van der Waals surface area contributed by atoms with E-state index in [4.69, 9.17) is 9.47 Å². The van der Waals surface area contributed by atoms with Gasteiger partial charge in [0.25, 0.3) is 0 Å². The molecule has 5 heteroatoms. The molecule has 0 heterocycles. The number of esters is 1. The lowest BCUT2D eigenvalue weighted by molar-refractivity contribution is -0.147. The van der Waals surface area contributed by atoms with Gasteiger partial charge in [-0.1, -0.05) is 0 Å². The number of rotatable bonds is 4. The Kier molecular flexibility index (Phi) is 5.03. The summed E-state index contributed by atoms with van der Waals surface area (Å²) >= 11 is 0. The molecule has 5 nitrogen and oxygen atoms in total. The number of carbonyl (C=O) groups is 2. The van der Waals surface area contributed by atoms with Crippen LogP contribution in [-0.2, 0) is 14.3 Å². The quantitative estimate of drug-likeness (QED) is 0.808. The zero-order valence-corrected chi connectivity index (χ0v) is 14.2. The van der Waals surface area contributed by atoms with Gasteiger partial charge in [-0.25, -0.2) is 9.59 Å². The van der Waals surface area contributed by atoms with Crippen molar-refractivity contribution >= 4 is 12.1 Å². The maximum absolute atomic E-state index is 12.2. The fourth-order valence-corrected chi connectivity index (χ4v) is 3.30. The lowest BCUT2D eigenvalue weighted by Crippen LogP contribution is -2.49. The highest BCUT2D eigenvalue weighted by molar-refractivity contribution is 5.81. The SMILES string of the molecule is CCOC(=O)C(NC(=O)OC(C)(C)C)C1CCC2(CC1)CC2. The van der Waals surface area contributed by atoms with Gasteiger partial charge in [-0.05, 0) is 77.6 Å². The van der Waals surface area contributed by atoms with Crippen molar-refractivity contribution in [1.82, 2.24) is 5.32 Å². The maximum Gasteiger partial charge on any atom is 0.408 e. The third kappa shape index (κ3) is 4.62. The Labute approximate surface area is 133 Å². The van der Waals surface area contributed by atoms with Gasteiger partial charge in [-0.3, -0.25) is 0 Å². The number of nitrogens with one attached hydrogen (secondary N) is 1. The van der Waals surface area contributed by atoms with Crippen molar-refractivity contribution in [3.05, 3.63) is 0 Å². The number of alkyl carbamates (subject to hydrolysis) is 1. The summed E-state index contributed by atoms with van der Waals surface area (Å²) in [7, 11) is 0. The van der Waals surface area contributed by atoms with Gasteiger partial charge in [0.15, 0.2) is 0 Å². The largest absolute Gasteiger partial charge is 0.464 e. The highest BCUT2D eigenvalue weighted by atomic mass is 16.6. The fourth-order valence-electron chi connectivity index (χ4n) is 3.30. The topological polar surface area (TPSA) is 64.6 Å². The first-order valence-corrected chi connectivity index (χ1v) is 8.41. The highest BCUT2D eigenvalue weighted by Crippen LogP contribution is 2.57. The second-order valence-corrected chi connectivity index (χ2v) is 7.71.